The molecule has 3 aromatic rings. The Kier molecular flexibility index (Phi) is 5.81. The van der Waals surface area contributed by atoms with Crippen LogP contribution in [0.1, 0.15) is 16.8 Å². The van der Waals surface area contributed by atoms with Crippen LogP contribution in [0.2, 0.25) is 0 Å². The predicted octanol–water partition coefficient (Wildman–Crippen LogP) is 3.68. The molecule has 1 heterocycles. The SMILES string of the molecule is Cc1cc(Cc2cccc(F)c2)c(=O)n(CC(=O)Nc2ccc(Br)cc2)n1. The van der Waals surface area contributed by atoms with Crippen LogP contribution in [0.25, 0.3) is 0 Å². The Balaban J connectivity index is 1.79. The Labute approximate surface area is 164 Å². The highest BCUT2D eigenvalue weighted by atomic mass is 79.9. The molecule has 0 saturated carbocycles. The van der Waals surface area contributed by atoms with Gasteiger partial charge in [0.15, 0.2) is 0 Å². The van der Waals surface area contributed by atoms with Crippen LogP contribution in [-0.4, -0.2) is 15.7 Å². The third-order valence-electron chi connectivity index (χ3n) is 3.88. The van der Waals surface area contributed by atoms with E-state index in [4.69, 9.17) is 0 Å². The maximum Gasteiger partial charge on any atom is 0.270 e. The van der Waals surface area contributed by atoms with Crippen molar-refractivity contribution in [2.24, 2.45) is 0 Å². The van der Waals surface area contributed by atoms with Gasteiger partial charge in [0.1, 0.15) is 12.4 Å². The second kappa shape index (κ2) is 8.26. The first kappa shape index (κ1) is 19.0. The van der Waals surface area contributed by atoms with E-state index in [0.29, 0.717) is 22.5 Å². The average molecular weight is 430 g/mol. The first-order valence-electron chi connectivity index (χ1n) is 8.28. The van der Waals surface area contributed by atoms with Crippen LogP contribution < -0.4 is 10.9 Å². The molecule has 0 saturated heterocycles. The van der Waals surface area contributed by atoms with Crippen molar-refractivity contribution in [2.45, 2.75) is 19.9 Å². The molecule has 3 rings (SSSR count). The van der Waals surface area contributed by atoms with Gasteiger partial charge in [-0.2, -0.15) is 5.10 Å². The number of benzene rings is 2. The molecule has 0 spiro atoms. The Morgan fingerprint density at radius 1 is 1.19 bits per heavy atom. The predicted molar refractivity (Wildman–Crippen MR) is 105 cm³/mol. The van der Waals surface area contributed by atoms with E-state index in [0.717, 1.165) is 9.15 Å². The van der Waals surface area contributed by atoms with Crippen molar-refractivity contribution >= 4 is 27.5 Å². The van der Waals surface area contributed by atoms with Crippen molar-refractivity contribution < 1.29 is 9.18 Å². The lowest BCUT2D eigenvalue weighted by Gasteiger charge is -2.10. The Morgan fingerprint density at radius 2 is 1.93 bits per heavy atom. The molecule has 5 nitrogen and oxygen atoms in total. The van der Waals surface area contributed by atoms with Crippen molar-refractivity contribution in [2.75, 3.05) is 5.32 Å². The summed E-state index contributed by atoms with van der Waals surface area (Å²) in [5.41, 5.74) is 2.02. The molecule has 138 valence electrons. The zero-order chi connectivity index (χ0) is 19.4. The molecular weight excluding hydrogens is 413 g/mol. The van der Waals surface area contributed by atoms with Crippen LogP contribution in [0, 0.1) is 12.7 Å². The number of amides is 1. The fourth-order valence-corrected chi connectivity index (χ4v) is 2.98. The molecule has 1 aromatic heterocycles. The van der Waals surface area contributed by atoms with Gasteiger partial charge in [-0.25, -0.2) is 9.07 Å². The molecule has 0 bridgehead atoms. The minimum absolute atomic E-state index is 0.202. The molecule has 0 aliphatic carbocycles. The third-order valence-corrected chi connectivity index (χ3v) is 4.40. The van der Waals surface area contributed by atoms with Gasteiger partial charge in [-0.1, -0.05) is 28.1 Å². The highest BCUT2D eigenvalue weighted by molar-refractivity contribution is 9.10. The quantitative estimate of drug-likeness (QED) is 0.672. The molecular formula is C20H17BrFN3O2. The average Bonchev–Trinajstić information content (AvgIpc) is 2.61. The molecule has 0 aliphatic rings. The smallest absolute Gasteiger partial charge is 0.270 e. The van der Waals surface area contributed by atoms with Crippen LogP contribution in [0.4, 0.5) is 10.1 Å². The van der Waals surface area contributed by atoms with Gasteiger partial charge in [-0.05, 0) is 55.0 Å². The molecule has 1 amide bonds. The zero-order valence-corrected chi connectivity index (χ0v) is 16.2. The molecule has 0 radical (unpaired) electrons. The number of nitrogens with zero attached hydrogens (tertiary/aromatic N) is 2. The number of aromatic nitrogens is 2. The van der Waals surface area contributed by atoms with E-state index in [-0.39, 0.29) is 30.2 Å². The molecule has 2 aromatic carbocycles. The fraction of sp³-hybridized carbons (Fsp3) is 0.150. The summed E-state index contributed by atoms with van der Waals surface area (Å²) in [4.78, 5) is 24.9. The fourth-order valence-electron chi connectivity index (χ4n) is 2.71. The number of hydrogen-bond donors (Lipinski definition) is 1. The summed E-state index contributed by atoms with van der Waals surface area (Å²) in [6.07, 6.45) is 0.272. The Hall–Kier alpha value is -2.80. The normalized spacial score (nSPS) is 10.6. The maximum atomic E-state index is 13.4. The second-order valence-corrected chi connectivity index (χ2v) is 7.05. The van der Waals surface area contributed by atoms with Crippen LogP contribution in [0.15, 0.2) is 63.9 Å². The van der Waals surface area contributed by atoms with Crippen LogP contribution >= 0.6 is 15.9 Å². The van der Waals surface area contributed by atoms with E-state index >= 15 is 0 Å². The van der Waals surface area contributed by atoms with Crippen LogP contribution in [-0.2, 0) is 17.8 Å². The number of aryl methyl sites for hydroxylation is 1. The molecule has 27 heavy (non-hydrogen) atoms. The topological polar surface area (TPSA) is 64.0 Å². The summed E-state index contributed by atoms with van der Waals surface area (Å²) < 4.78 is 15.4. The number of anilines is 1. The van der Waals surface area contributed by atoms with Gasteiger partial charge in [0.05, 0.1) is 5.69 Å². The van der Waals surface area contributed by atoms with Gasteiger partial charge >= 0.3 is 0 Å². The lowest BCUT2D eigenvalue weighted by Crippen LogP contribution is -2.32. The van der Waals surface area contributed by atoms with Gasteiger partial charge < -0.3 is 5.32 Å². The number of nitrogens with one attached hydrogen (secondary N) is 1. The van der Waals surface area contributed by atoms with Gasteiger partial charge in [-0.3, -0.25) is 9.59 Å². The Bertz CT molecular complexity index is 1030. The molecule has 0 atom stereocenters. The van der Waals surface area contributed by atoms with Crippen molar-refractivity contribution in [3.8, 4) is 0 Å². The maximum absolute atomic E-state index is 13.4. The third kappa shape index (κ3) is 5.10. The number of rotatable bonds is 5. The van der Waals surface area contributed by atoms with E-state index in [9.17, 15) is 14.0 Å². The molecule has 1 N–H and O–H groups in total. The summed E-state index contributed by atoms with van der Waals surface area (Å²) >= 11 is 3.33. The summed E-state index contributed by atoms with van der Waals surface area (Å²) in [5.74, 6) is -0.707. The highest BCUT2D eigenvalue weighted by Gasteiger charge is 2.12. The van der Waals surface area contributed by atoms with Gasteiger partial charge in [-0.15, -0.1) is 0 Å². The van der Waals surface area contributed by atoms with Crippen LogP contribution in [0.5, 0.6) is 0 Å². The van der Waals surface area contributed by atoms with Crippen molar-refractivity contribution in [1.82, 2.24) is 9.78 Å². The number of halogens is 2. The van der Waals surface area contributed by atoms with Crippen LogP contribution in [0.3, 0.4) is 0 Å². The van der Waals surface area contributed by atoms with Gasteiger partial charge in [0, 0.05) is 22.1 Å². The monoisotopic (exact) mass is 429 g/mol. The number of carbonyl (C=O) groups excluding carboxylic acids is 1. The van der Waals surface area contributed by atoms with E-state index in [1.807, 2.05) is 12.1 Å². The van der Waals surface area contributed by atoms with Gasteiger partial charge in [0.2, 0.25) is 5.91 Å². The number of hydrogen-bond acceptors (Lipinski definition) is 3. The number of carbonyl (C=O) groups is 1. The van der Waals surface area contributed by atoms with Crippen molar-refractivity contribution in [1.29, 1.82) is 0 Å². The van der Waals surface area contributed by atoms with Crippen molar-refractivity contribution in [3.05, 3.63) is 92.1 Å². The highest BCUT2D eigenvalue weighted by Crippen LogP contribution is 2.14. The summed E-state index contributed by atoms with van der Waals surface area (Å²) in [6, 6.07) is 14.9. The van der Waals surface area contributed by atoms with E-state index in [1.165, 1.54) is 12.1 Å². The first-order valence-corrected chi connectivity index (χ1v) is 9.07. The summed E-state index contributed by atoms with van der Waals surface area (Å²) in [6.45, 7) is 1.55. The molecule has 0 aliphatic heterocycles. The van der Waals surface area contributed by atoms with Crippen molar-refractivity contribution in [3.63, 3.8) is 0 Å². The zero-order valence-electron chi connectivity index (χ0n) is 14.6. The minimum atomic E-state index is -0.365. The lowest BCUT2D eigenvalue weighted by atomic mass is 10.1. The van der Waals surface area contributed by atoms with E-state index in [1.54, 1.807) is 37.3 Å². The lowest BCUT2D eigenvalue weighted by molar-refractivity contribution is -0.117. The van der Waals surface area contributed by atoms with E-state index < -0.39 is 0 Å². The molecule has 0 fully saturated rings. The summed E-state index contributed by atoms with van der Waals surface area (Å²) in [5, 5.41) is 6.88. The molecule has 7 heteroatoms. The van der Waals surface area contributed by atoms with Gasteiger partial charge in [0.25, 0.3) is 5.56 Å². The summed E-state index contributed by atoms with van der Waals surface area (Å²) in [7, 11) is 0. The molecule has 0 unspecified atom stereocenters. The first-order chi connectivity index (χ1) is 12.9. The Morgan fingerprint density at radius 3 is 2.63 bits per heavy atom. The standard InChI is InChI=1S/C20H17BrFN3O2/c1-13-9-15(10-14-3-2-4-17(22)11-14)20(27)25(24-13)12-19(26)23-18-7-5-16(21)6-8-18/h2-9,11H,10,12H2,1H3,(H,23,26). The van der Waals surface area contributed by atoms with E-state index in [2.05, 4.69) is 26.3 Å². The second-order valence-electron chi connectivity index (χ2n) is 6.14. The largest absolute Gasteiger partial charge is 0.324 e. The minimum Gasteiger partial charge on any atom is -0.324 e.